The summed E-state index contributed by atoms with van der Waals surface area (Å²) in [6, 6.07) is 9.46. The molecule has 0 bridgehead atoms. The van der Waals surface area contributed by atoms with Crippen molar-refractivity contribution < 1.29 is 9.59 Å². The Labute approximate surface area is 114 Å². The number of likely N-dealkylation sites (N-methyl/N-ethyl adjacent to an activating group) is 1. The number of rotatable bonds is 7. The fourth-order valence-electron chi connectivity index (χ4n) is 1.66. The third-order valence-corrected chi connectivity index (χ3v) is 2.78. The number of nitrogens with zero attached hydrogens (tertiary/aromatic N) is 1. The van der Waals surface area contributed by atoms with Gasteiger partial charge in [0.2, 0.25) is 11.8 Å². The van der Waals surface area contributed by atoms with E-state index in [9.17, 15) is 9.59 Å². The lowest BCUT2D eigenvalue weighted by atomic mass is 10.3. The minimum Gasteiger partial charge on any atom is -0.376 e. The van der Waals surface area contributed by atoms with Crippen LogP contribution in [0.5, 0.6) is 0 Å². The van der Waals surface area contributed by atoms with Gasteiger partial charge in [-0.3, -0.25) is 9.59 Å². The van der Waals surface area contributed by atoms with Crippen molar-refractivity contribution in [1.82, 2.24) is 10.2 Å². The second-order valence-electron chi connectivity index (χ2n) is 4.06. The van der Waals surface area contributed by atoms with Crippen molar-refractivity contribution in [2.75, 3.05) is 31.5 Å². The van der Waals surface area contributed by atoms with E-state index in [0.717, 1.165) is 5.69 Å². The summed E-state index contributed by atoms with van der Waals surface area (Å²) in [5.74, 6) is -0.248. The van der Waals surface area contributed by atoms with Gasteiger partial charge in [-0.15, -0.1) is 0 Å². The van der Waals surface area contributed by atoms with E-state index in [2.05, 4.69) is 10.6 Å². The van der Waals surface area contributed by atoms with Crippen LogP contribution in [0.2, 0.25) is 0 Å². The number of carbonyl (C=O) groups is 2. The number of benzene rings is 1. The highest BCUT2D eigenvalue weighted by Gasteiger charge is 2.10. The maximum absolute atomic E-state index is 11.7. The van der Waals surface area contributed by atoms with E-state index >= 15 is 0 Å². The van der Waals surface area contributed by atoms with Crippen LogP contribution in [0.15, 0.2) is 30.3 Å². The highest BCUT2D eigenvalue weighted by molar-refractivity contribution is 5.86. The summed E-state index contributed by atoms with van der Waals surface area (Å²) in [5.41, 5.74) is 0.882. The predicted octanol–water partition coefficient (Wildman–Crippen LogP) is 1.08. The Kier molecular flexibility index (Phi) is 6.43. The first-order valence-corrected chi connectivity index (χ1v) is 6.50. The zero-order valence-corrected chi connectivity index (χ0v) is 11.5. The minimum atomic E-state index is -0.190. The van der Waals surface area contributed by atoms with E-state index in [-0.39, 0.29) is 24.9 Å². The molecule has 104 valence electrons. The molecule has 1 rings (SSSR count). The molecule has 1 aromatic carbocycles. The molecule has 0 aliphatic heterocycles. The van der Waals surface area contributed by atoms with Crippen molar-refractivity contribution in [1.29, 1.82) is 0 Å². The number of hydrogen-bond donors (Lipinski definition) is 2. The predicted molar refractivity (Wildman–Crippen MR) is 75.9 cm³/mol. The first-order valence-electron chi connectivity index (χ1n) is 6.50. The van der Waals surface area contributed by atoms with Gasteiger partial charge in [0.05, 0.1) is 13.1 Å². The zero-order chi connectivity index (χ0) is 14.1. The van der Waals surface area contributed by atoms with Crippen LogP contribution in [0.3, 0.4) is 0 Å². The molecular weight excluding hydrogens is 242 g/mol. The van der Waals surface area contributed by atoms with E-state index in [1.165, 1.54) is 0 Å². The summed E-state index contributed by atoms with van der Waals surface area (Å²) in [6.45, 7) is 5.37. The Hall–Kier alpha value is -2.04. The van der Waals surface area contributed by atoms with Crippen molar-refractivity contribution in [3.63, 3.8) is 0 Å². The summed E-state index contributed by atoms with van der Waals surface area (Å²) >= 11 is 0. The van der Waals surface area contributed by atoms with Crippen molar-refractivity contribution in [2.24, 2.45) is 0 Å². The first-order chi connectivity index (χ1) is 9.17. The Bertz CT molecular complexity index is 402. The van der Waals surface area contributed by atoms with Gasteiger partial charge < -0.3 is 15.5 Å². The normalized spacial score (nSPS) is 9.79. The van der Waals surface area contributed by atoms with Gasteiger partial charge in [-0.25, -0.2) is 0 Å². The van der Waals surface area contributed by atoms with Gasteiger partial charge in [0.1, 0.15) is 0 Å². The lowest BCUT2D eigenvalue weighted by Gasteiger charge is -2.18. The van der Waals surface area contributed by atoms with Crippen LogP contribution in [-0.2, 0) is 9.59 Å². The number of nitrogens with one attached hydrogen (secondary N) is 2. The van der Waals surface area contributed by atoms with Crippen molar-refractivity contribution in [2.45, 2.75) is 13.8 Å². The summed E-state index contributed by atoms with van der Waals surface area (Å²) in [4.78, 5) is 24.9. The molecule has 5 nitrogen and oxygen atoms in total. The van der Waals surface area contributed by atoms with Crippen LogP contribution in [0, 0.1) is 0 Å². The molecule has 0 spiro atoms. The van der Waals surface area contributed by atoms with E-state index in [0.29, 0.717) is 13.1 Å². The molecule has 1 aromatic rings. The SMILES string of the molecule is CCN(CC)C(=O)CNC(=O)CNc1ccccc1. The minimum absolute atomic E-state index is 0.0526. The molecule has 0 aliphatic rings. The number of amides is 2. The Morgan fingerprint density at radius 3 is 2.26 bits per heavy atom. The van der Waals surface area contributed by atoms with Gasteiger partial charge in [0, 0.05) is 18.8 Å². The molecule has 19 heavy (non-hydrogen) atoms. The lowest BCUT2D eigenvalue weighted by Crippen LogP contribution is -2.41. The average Bonchev–Trinajstić information content (AvgIpc) is 2.45. The van der Waals surface area contributed by atoms with Crippen LogP contribution < -0.4 is 10.6 Å². The van der Waals surface area contributed by atoms with Gasteiger partial charge in [0.15, 0.2) is 0 Å². The van der Waals surface area contributed by atoms with E-state index in [1.54, 1.807) is 4.90 Å². The van der Waals surface area contributed by atoms with Crippen molar-refractivity contribution in [3.8, 4) is 0 Å². The van der Waals surface area contributed by atoms with E-state index in [4.69, 9.17) is 0 Å². The van der Waals surface area contributed by atoms with Crippen LogP contribution in [0.4, 0.5) is 5.69 Å². The second-order valence-corrected chi connectivity index (χ2v) is 4.06. The molecule has 0 unspecified atom stereocenters. The van der Waals surface area contributed by atoms with Gasteiger partial charge >= 0.3 is 0 Å². The van der Waals surface area contributed by atoms with E-state index < -0.39 is 0 Å². The average molecular weight is 263 g/mol. The van der Waals surface area contributed by atoms with Crippen LogP contribution >= 0.6 is 0 Å². The quantitative estimate of drug-likeness (QED) is 0.774. The Balaban J connectivity index is 2.26. The standard InChI is InChI=1S/C14H21N3O2/c1-3-17(4-2)14(19)11-16-13(18)10-15-12-8-6-5-7-9-12/h5-9,15H,3-4,10-11H2,1-2H3,(H,16,18). The summed E-state index contributed by atoms with van der Waals surface area (Å²) in [7, 11) is 0. The molecule has 2 amide bonds. The number of hydrogen-bond acceptors (Lipinski definition) is 3. The third-order valence-electron chi connectivity index (χ3n) is 2.78. The summed E-state index contributed by atoms with van der Waals surface area (Å²) in [6.07, 6.45) is 0. The molecule has 5 heteroatoms. The fourth-order valence-corrected chi connectivity index (χ4v) is 1.66. The molecular formula is C14H21N3O2. The molecule has 0 aliphatic carbocycles. The number of para-hydroxylation sites is 1. The molecule has 0 aromatic heterocycles. The monoisotopic (exact) mass is 263 g/mol. The van der Waals surface area contributed by atoms with Gasteiger partial charge in [0.25, 0.3) is 0 Å². The molecule has 2 N–H and O–H groups in total. The smallest absolute Gasteiger partial charge is 0.241 e. The highest BCUT2D eigenvalue weighted by atomic mass is 16.2. The van der Waals surface area contributed by atoms with Crippen LogP contribution in [0.25, 0.3) is 0 Å². The molecule has 0 radical (unpaired) electrons. The summed E-state index contributed by atoms with van der Waals surface area (Å²) in [5, 5.41) is 5.60. The Morgan fingerprint density at radius 2 is 1.68 bits per heavy atom. The highest BCUT2D eigenvalue weighted by Crippen LogP contribution is 2.03. The maximum atomic E-state index is 11.7. The lowest BCUT2D eigenvalue weighted by molar-refractivity contribution is -0.132. The molecule has 0 atom stereocenters. The first kappa shape index (κ1) is 15.0. The Morgan fingerprint density at radius 1 is 1.05 bits per heavy atom. The molecule has 0 saturated carbocycles. The van der Waals surface area contributed by atoms with E-state index in [1.807, 2.05) is 44.2 Å². The number of anilines is 1. The second kappa shape index (κ2) is 8.13. The zero-order valence-electron chi connectivity index (χ0n) is 11.5. The van der Waals surface area contributed by atoms with Crippen molar-refractivity contribution >= 4 is 17.5 Å². The topological polar surface area (TPSA) is 61.4 Å². The largest absolute Gasteiger partial charge is 0.376 e. The molecule has 0 fully saturated rings. The van der Waals surface area contributed by atoms with Gasteiger partial charge in [-0.05, 0) is 26.0 Å². The maximum Gasteiger partial charge on any atom is 0.241 e. The van der Waals surface area contributed by atoms with Crippen LogP contribution in [0.1, 0.15) is 13.8 Å². The fraction of sp³-hybridized carbons (Fsp3) is 0.429. The third kappa shape index (κ3) is 5.42. The van der Waals surface area contributed by atoms with Crippen molar-refractivity contribution in [3.05, 3.63) is 30.3 Å². The molecule has 0 saturated heterocycles. The van der Waals surface area contributed by atoms with Crippen LogP contribution in [-0.4, -0.2) is 42.9 Å². The number of carbonyl (C=O) groups excluding carboxylic acids is 2. The van der Waals surface area contributed by atoms with Gasteiger partial charge in [-0.2, -0.15) is 0 Å². The molecule has 0 heterocycles. The summed E-state index contributed by atoms with van der Waals surface area (Å²) < 4.78 is 0. The van der Waals surface area contributed by atoms with Gasteiger partial charge in [-0.1, -0.05) is 18.2 Å².